The molecular weight excluding hydrogens is 307 g/mol. The number of halogens is 1. The summed E-state index contributed by atoms with van der Waals surface area (Å²) >= 11 is 0. The van der Waals surface area contributed by atoms with E-state index in [1.165, 1.54) is 35.9 Å². The Morgan fingerprint density at radius 3 is 2.54 bits per heavy atom. The van der Waals surface area contributed by atoms with E-state index in [4.69, 9.17) is 0 Å². The molecule has 0 aliphatic rings. The van der Waals surface area contributed by atoms with Crippen LogP contribution in [0, 0.1) is 19.7 Å². The van der Waals surface area contributed by atoms with Crippen molar-refractivity contribution in [3.05, 3.63) is 65.1 Å². The molecule has 0 aliphatic carbocycles. The lowest BCUT2D eigenvalue weighted by Crippen LogP contribution is -2.13. The molecule has 2 aromatic carbocycles. The van der Waals surface area contributed by atoms with Crippen LogP contribution in [0.2, 0.25) is 0 Å². The fraction of sp³-hybridized carbons (Fsp3) is 0.158. The van der Waals surface area contributed by atoms with Crippen LogP contribution in [0.5, 0.6) is 0 Å². The molecule has 0 aliphatic heterocycles. The summed E-state index contributed by atoms with van der Waals surface area (Å²) in [7, 11) is 0. The number of fused-ring (bicyclic) bond motifs is 1. The van der Waals surface area contributed by atoms with Gasteiger partial charge in [-0.25, -0.2) is 4.39 Å². The van der Waals surface area contributed by atoms with Crippen molar-refractivity contribution in [2.45, 2.75) is 20.8 Å². The highest BCUT2D eigenvalue weighted by Crippen LogP contribution is 2.24. The number of rotatable bonds is 2. The number of aromatic nitrogens is 1. The molecule has 24 heavy (non-hydrogen) atoms. The fourth-order valence-electron chi connectivity index (χ4n) is 2.70. The van der Waals surface area contributed by atoms with E-state index in [0.717, 1.165) is 11.1 Å². The van der Waals surface area contributed by atoms with E-state index in [1.807, 2.05) is 32.0 Å². The van der Waals surface area contributed by atoms with E-state index >= 15 is 0 Å². The second-order valence-corrected chi connectivity index (χ2v) is 5.87. The van der Waals surface area contributed by atoms with Crippen LogP contribution in [-0.4, -0.2) is 16.4 Å². The van der Waals surface area contributed by atoms with Gasteiger partial charge in [0.1, 0.15) is 5.82 Å². The maximum Gasteiger partial charge on any atom is 0.257 e. The maximum atomic E-state index is 13.5. The summed E-state index contributed by atoms with van der Waals surface area (Å²) in [4.78, 5) is 24.5. The van der Waals surface area contributed by atoms with Crippen molar-refractivity contribution in [1.29, 1.82) is 0 Å². The molecule has 4 nitrogen and oxygen atoms in total. The molecule has 122 valence electrons. The first-order valence-electron chi connectivity index (χ1n) is 7.57. The Morgan fingerprint density at radius 2 is 1.83 bits per heavy atom. The van der Waals surface area contributed by atoms with E-state index in [0.29, 0.717) is 22.2 Å². The normalized spacial score (nSPS) is 10.8. The van der Waals surface area contributed by atoms with Crippen LogP contribution >= 0.6 is 0 Å². The molecule has 1 aromatic heterocycles. The Morgan fingerprint density at radius 1 is 1.08 bits per heavy atom. The number of amides is 1. The van der Waals surface area contributed by atoms with E-state index in [-0.39, 0.29) is 11.8 Å². The Hall–Kier alpha value is -2.95. The van der Waals surface area contributed by atoms with Gasteiger partial charge in [-0.3, -0.25) is 14.2 Å². The highest BCUT2D eigenvalue weighted by molar-refractivity contribution is 6.14. The van der Waals surface area contributed by atoms with Crippen molar-refractivity contribution in [3.8, 4) is 0 Å². The van der Waals surface area contributed by atoms with Gasteiger partial charge in [0.2, 0.25) is 5.91 Å². The van der Waals surface area contributed by atoms with Gasteiger partial charge in [0.15, 0.2) is 0 Å². The van der Waals surface area contributed by atoms with Gasteiger partial charge in [-0.2, -0.15) is 0 Å². The number of carbonyl (C=O) groups is 2. The van der Waals surface area contributed by atoms with Gasteiger partial charge in [-0.05, 0) is 49.2 Å². The third kappa shape index (κ3) is 2.80. The fourth-order valence-corrected chi connectivity index (χ4v) is 2.70. The number of nitrogens with zero attached hydrogens (tertiary/aromatic N) is 1. The lowest BCUT2D eigenvalue weighted by atomic mass is 10.1. The van der Waals surface area contributed by atoms with Crippen LogP contribution in [0.25, 0.3) is 10.9 Å². The van der Waals surface area contributed by atoms with Gasteiger partial charge in [0.25, 0.3) is 5.91 Å². The van der Waals surface area contributed by atoms with Crippen molar-refractivity contribution in [1.82, 2.24) is 4.57 Å². The highest BCUT2D eigenvalue weighted by atomic mass is 19.1. The van der Waals surface area contributed by atoms with Crippen molar-refractivity contribution in [2.24, 2.45) is 0 Å². The first-order valence-corrected chi connectivity index (χ1v) is 7.57. The van der Waals surface area contributed by atoms with Crippen LogP contribution in [0.4, 0.5) is 10.1 Å². The SMILES string of the molecule is CC(=O)n1cc(C(=O)Nc2cc(C)ccc2C)c2ccc(F)cc21. The van der Waals surface area contributed by atoms with Crippen molar-refractivity contribution in [2.75, 3.05) is 5.32 Å². The molecular formula is C19H17FN2O2. The Balaban J connectivity index is 2.07. The topological polar surface area (TPSA) is 51.1 Å². The van der Waals surface area contributed by atoms with Gasteiger partial charge in [-0.1, -0.05) is 12.1 Å². The highest BCUT2D eigenvalue weighted by Gasteiger charge is 2.18. The lowest BCUT2D eigenvalue weighted by Gasteiger charge is -2.08. The van der Waals surface area contributed by atoms with E-state index in [2.05, 4.69) is 5.32 Å². The first-order chi connectivity index (χ1) is 11.4. The molecule has 0 unspecified atom stereocenters. The van der Waals surface area contributed by atoms with Crippen LogP contribution < -0.4 is 5.32 Å². The third-order valence-electron chi connectivity index (χ3n) is 3.99. The summed E-state index contributed by atoms with van der Waals surface area (Å²) in [6.45, 7) is 5.22. The van der Waals surface area contributed by atoms with E-state index in [9.17, 15) is 14.0 Å². The zero-order valence-corrected chi connectivity index (χ0v) is 13.7. The summed E-state index contributed by atoms with van der Waals surface area (Å²) < 4.78 is 14.8. The monoisotopic (exact) mass is 324 g/mol. The summed E-state index contributed by atoms with van der Waals surface area (Å²) in [5.41, 5.74) is 3.40. The molecule has 5 heteroatoms. The quantitative estimate of drug-likeness (QED) is 0.763. The molecule has 1 amide bonds. The van der Waals surface area contributed by atoms with Crippen LogP contribution in [0.3, 0.4) is 0 Å². The van der Waals surface area contributed by atoms with E-state index < -0.39 is 5.82 Å². The molecule has 0 atom stereocenters. The Kier molecular flexibility index (Phi) is 3.93. The van der Waals surface area contributed by atoms with E-state index in [1.54, 1.807) is 0 Å². The smallest absolute Gasteiger partial charge is 0.257 e. The minimum absolute atomic E-state index is 0.281. The summed E-state index contributed by atoms with van der Waals surface area (Å²) in [6.07, 6.45) is 1.45. The molecule has 0 spiro atoms. The molecule has 1 N–H and O–H groups in total. The number of hydrogen-bond donors (Lipinski definition) is 1. The average molecular weight is 324 g/mol. The van der Waals surface area contributed by atoms with Crippen molar-refractivity contribution >= 4 is 28.4 Å². The first kappa shape index (κ1) is 15.9. The van der Waals surface area contributed by atoms with Gasteiger partial charge >= 0.3 is 0 Å². The molecule has 0 saturated heterocycles. The summed E-state index contributed by atoms with van der Waals surface area (Å²) in [5.74, 6) is -1.07. The Labute approximate surface area is 138 Å². The van der Waals surface area contributed by atoms with Crippen LogP contribution in [0.1, 0.15) is 33.2 Å². The predicted octanol–water partition coefficient (Wildman–Crippen LogP) is 4.31. The number of anilines is 1. The van der Waals surface area contributed by atoms with Gasteiger partial charge in [0, 0.05) is 24.2 Å². The zero-order valence-electron chi connectivity index (χ0n) is 13.7. The minimum atomic E-state index is -0.454. The van der Waals surface area contributed by atoms with Crippen molar-refractivity contribution in [3.63, 3.8) is 0 Å². The number of aryl methyl sites for hydroxylation is 2. The zero-order chi connectivity index (χ0) is 17.4. The minimum Gasteiger partial charge on any atom is -0.322 e. The van der Waals surface area contributed by atoms with Crippen LogP contribution in [0.15, 0.2) is 42.6 Å². The predicted molar refractivity (Wildman–Crippen MR) is 92.1 cm³/mol. The second-order valence-electron chi connectivity index (χ2n) is 5.87. The molecule has 0 radical (unpaired) electrons. The van der Waals surface area contributed by atoms with Gasteiger partial charge < -0.3 is 5.32 Å². The maximum absolute atomic E-state index is 13.5. The second kappa shape index (κ2) is 5.92. The molecule has 3 aromatic rings. The van der Waals surface area contributed by atoms with Gasteiger partial charge in [-0.15, -0.1) is 0 Å². The number of hydrogen-bond acceptors (Lipinski definition) is 2. The Bertz CT molecular complexity index is 973. The largest absolute Gasteiger partial charge is 0.322 e. The molecule has 0 saturated carbocycles. The van der Waals surface area contributed by atoms with Crippen LogP contribution in [-0.2, 0) is 0 Å². The third-order valence-corrected chi connectivity index (χ3v) is 3.99. The molecule has 0 fully saturated rings. The summed E-state index contributed by atoms with van der Waals surface area (Å²) in [5, 5.41) is 3.41. The standard InChI is InChI=1S/C19H17FN2O2/c1-11-4-5-12(2)17(8-11)21-19(24)16-10-22(13(3)23)18-9-14(20)6-7-15(16)18/h4-10H,1-3H3,(H,21,24). The average Bonchev–Trinajstić information content (AvgIpc) is 2.89. The van der Waals surface area contributed by atoms with Crippen molar-refractivity contribution < 1.29 is 14.0 Å². The number of nitrogens with one attached hydrogen (secondary N) is 1. The van der Waals surface area contributed by atoms with Gasteiger partial charge in [0.05, 0.1) is 11.1 Å². The molecule has 3 rings (SSSR count). The lowest BCUT2D eigenvalue weighted by molar-refractivity contribution is 0.0941. The summed E-state index contributed by atoms with van der Waals surface area (Å²) in [6, 6.07) is 9.83. The molecule has 1 heterocycles. The number of carbonyl (C=O) groups excluding carboxylic acids is 2. The molecule has 0 bridgehead atoms. The number of benzene rings is 2.